The molecule has 0 saturated carbocycles. The van der Waals surface area contributed by atoms with Gasteiger partial charge in [-0.2, -0.15) is 26.9 Å². The molecule has 1 aliphatic heterocycles. The second-order valence-corrected chi connectivity index (χ2v) is 5.87. The molecule has 1 aliphatic rings. The number of nitrogens with zero attached hydrogens (tertiary/aromatic N) is 2. The average molecular weight is 330 g/mol. The second kappa shape index (κ2) is 5.81. The van der Waals surface area contributed by atoms with Crippen molar-refractivity contribution in [2.24, 2.45) is 4.99 Å². The van der Waals surface area contributed by atoms with Crippen LogP contribution in [-0.4, -0.2) is 20.1 Å². The molecule has 0 aliphatic carbocycles. The van der Waals surface area contributed by atoms with Crippen molar-refractivity contribution in [2.45, 2.75) is 18.0 Å². The first-order valence-corrected chi connectivity index (χ1v) is 7.37. The Bertz CT molecular complexity index is 759. The van der Waals surface area contributed by atoms with E-state index in [-0.39, 0.29) is 12.2 Å². The molecule has 0 N–H and O–H groups in total. The number of alkyl halides is 3. The van der Waals surface area contributed by atoms with Crippen LogP contribution in [-0.2, 0) is 14.3 Å². The summed E-state index contributed by atoms with van der Waals surface area (Å²) in [4.78, 5) is 4.06. The van der Waals surface area contributed by atoms with Crippen LogP contribution in [0.3, 0.4) is 0 Å². The molecule has 0 amide bonds. The van der Waals surface area contributed by atoms with E-state index in [4.69, 9.17) is 5.26 Å². The first kappa shape index (κ1) is 16.0. The normalized spacial score (nSPS) is 18.5. The topological polar surface area (TPSA) is 79.5 Å². The highest BCUT2D eigenvalue weighted by Gasteiger charge is 2.48. The SMILES string of the molecule is N#Cc1ccc([C@@H]2C=C(OS(=O)(=O)C(F)(F)F)CC=N2)cc1. The van der Waals surface area contributed by atoms with Crippen molar-refractivity contribution < 1.29 is 25.8 Å². The summed E-state index contributed by atoms with van der Waals surface area (Å²) in [5.41, 5.74) is -4.46. The summed E-state index contributed by atoms with van der Waals surface area (Å²) in [6.07, 6.45) is 2.33. The van der Waals surface area contributed by atoms with Gasteiger partial charge in [0.05, 0.1) is 17.7 Å². The number of halogens is 3. The lowest BCUT2D eigenvalue weighted by Crippen LogP contribution is -2.25. The van der Waals surface area contributed by atoms with Crippen molar-refractivity contribution in [3.05, 3.63) is 47.2 Å². The quantitative estimate of drug-likeness (QED) is 0.630. The van der Waals surface area contributed by atoms with Gasteiger partial charge in [0.1, 0.15) is 5.76 Å². The minimum Gasteiger partial charge on any atom is -0.380 e. The van der Waals surface area contributed by atoms with Crippen molar-refractivity contribution in [1.29, 1.82) is 5.26 Å². The summed E-state index contributed by atoms with van der Waals surface area (Å²) < 4.78 is 62.9. The number of nitriles is 1. The molecular weight excluding hydrogens is 321 g/mol. The summed E-state index contributed by atoms with van der Waals surface area (Å²) >= 11 is 0. The maximum absolute atomic E-state index is 12.3. The van der Waals surface area contributed by atoms with Gasteiger partial charge in [-0.25, -0.2) is 0 Å². The molecule has 0 fully saturated rings. The fourth-order valence-electron chi connectivity index (χ4n) is 1.73. The lowest BCUT2D eigenvalue weighted by Gasteiger charge is -2.17. The van der Waals surface area contributed by atoms with E-state index in [0.717, 1.165) is 0 Å². The van der Waals surface area contributed by atoms with Gasteiger partial charge in [-0.15, -0.1) is 0 Å². The molecule has 1 aromatic carbocycles. The van der Waals surface area contributed by atoms with Crippen molar-refractivity contribution in [2.75, 3.05) is 0 Å². The van der Waals surface area contributed by atoms with Crippen molar-refractivity contribution in [3.8, 4) is 6.07 Å². The van der Waals surface area contributed by atoms with Gasteiger partial charge in [0.2, 0.25) is 0 Å². The predicted octanol–water partition coefficient (Wildman–Crippen LogP) is 2.82. The zero-order chi connectivity index (χ0) is 16.4. The first-order valence-electron chi connectivity index (χ1n) is 5.96. The number of benzene rings is 1. The zero-order valence-corrected chi connectivity index (χ0v) is 11.7. The molecule has 22 heavy (non-hydrogen) atoms. The Morgan fingerprint density at radius 2 is 1.91 bits per heavy atom. The molecule has 1 aromatic rings. The van der Waals surface area contributed by atoms with Gasteiger partial charge < -0.3 is 4.18 Å². The highest BCUT2D eigenvalue weighted by atomic mass is 32.2. The highest BCUT2D eigenvalue weighted by molar-refractivity contribution is 7.87. The number of hydrogen-bond donors (Lipinski definition) is 0. The Labute approximate surface area is 124 Å². The van der Waals surface area contributed by atoms with Gasteiger partial charge >= 0.3 is 15.6 Å². The van der Waals surface area contributed by atoms with E-state index in [1.54, 1.807) is 12.1 Å². The minimum atomic E-state index is -5.69. The Hall–Kier alpha value is -2.34. The average Bonchev–Trinajstić information content (AvgIpc) is 2.46. The number of aliphatic imine (C=N–C) groups is 1. The van der Waals surface area contributed by atoms with E-state index in [1.807, 2.05) is 6.07 Å². The molecule has 5 nitrogen and oxygen atoms in total. The first-order chi connectivity index (χ1) is 10.2. The maximum atomic E-state index is 12.3. The Morgan fingerprint density at radius 1 is 1.27 bits per heavy atom. The second-order valence-electron chi connectivity index (χ2n) is 4.33. The molecule has 0 spiro atoms. The summed E-state index contributed by atoms with van der Waals surface area (Å²) in [5.74, 6) is -0.346. The van der Waals surface area contributed by atoms with Gasteiger partial charge in [0, 0.05) is 12.6 Å². The molecule has 0 saturated heterocycles. The van der Waals surface area contributed by atoms with E-state index in [9.17, 15) is 21.6 Å². The number of allylic oxidation sites excluding steroid dienone is 1. The van der Waals surface area contributed by atoms with Crippen molar-refractivity contribution in [3.63, 3.8) is 0 Å². The fourth-order valence-corrected chi connectivity index (χ4v) is 2.23. The smallest absolute Gasteiger partial charge is 0.380 e. The molecular formula is C13H9F3N2O3S. The molecule has 2 rings (SSSR count). The minimum absolute atomic E-state index is 0.151. The lowest BCUT2D eigenvalue weighted by atomic mass is 10.0. The van der Waals surface area contributed by atoms with Crippen LogP contribution >= 0.6 is 0 Å². The van der Waals surface area contributed by atoms with Crippen LogP contribution in [0.5, 0.6) is 0 Å². The van der Waals surface area contributed by atoms with E-state index in [0.29, 0.717) is 11.1 Å². The predicted molar refractivity (Wildman–Crippen MR) is 71.1 cm³/mol. The Balaban J connectivity index is 2.22. The van der Waals surface area contributed by atoms with E-state index in [2.05, 4.69) is 9.18 Å². The molecule has 0 unspecified atom stereocenters. The maximum Gasteiger partial charge on any atom is 0.534 e. The Morgan fingerprint density at radius 3 is 2.45 bits per heavy atom. The number of dihydropyridines is 1. The van der Waals surface area contributed by atoms with E-state index < -0.39 is 21.7 Å². The largest absolute Gasteiger partial charge is 0.534 e. The molecule has 1 heterocycles. The highest BCUT2D eigenvalue weighted by Crippen LogP contribution is 2.30. The standard InChI is InChI=1S/C13H9F3N2O3S/c14-13(15,16)22(19,20)21-11-5-6-18-12(7-11)10-3-1-9(8-17)2-4-10/h1-4,6-7,12H,5H2/t12-/m0/s1. The van der Waals surface area contributed by atoms with Gasteiger partial charge in [-0.05, 0) is 23.8 Å². The Kier molecular flexibility index (Phi) is 4.23. The number of hydrogen-bond acceptors (Lipinski definition) is 5. The zero-order valence-electron chi connectivity index (χ0n) is 10.9. The summed E-state index contributed by atoms with van der Waals surface area (Å²) in [6, 6.07) is 7.48. The third kappa shape index (κ3) is 3.46. The third-order valence-corrected chi connectivity index (χ3v) is 3.78. The molecule has 0 radical (unpaired) electrons. The van der Waals surface area contributed by atoms with Gasteiger partial charge in [-0.1, -0.05) is 12.1 Å². The summed E-state index contributed by atoms with van der Waals surface area (Å²) in [6.45, 7) is 0. The van der Waals surface area contributed by atoms with Crippen molar-refractivity contribution in [1.82, 2.24) is 0 Å². The fraction of sp³-hybridized carbons (Fsp3) is 0.231. The number of rotatable bonds is 3. The lowest BCUT2D eigenvalue weighted by molar-refractivity contribution is -0.0522. The van der Waals surface area contributed by atoms with E-state index >= 15 is 0 Å². The van der Waals surface area contributed by atoms with Gasteiger partial charge in [-0.3, -0.25) is 4.99 Å². The van der Waals surface area contributed by atoms with Gasteiger partial charge in [0.25, 0.3) is 0 Å². The van der Waals surface area contributed by atoms with Crippen LogP contribution in [0.2, 0.25) is 0 Å². The molecule has 9 heteroatoms. The molecule has 0 bridgehead atoms. The van der Waals surface area contributed by atoms with E-state index in [1.165, 1.54) is 24.4 Å². The molecule has 0 aromatic heterocycles. The van der Waals surface area contributed by atoms with Crippen LogP contribution in [0.4, 0.5) is 13.2 Å². The monoisotopic (exact) mass is 330 g/mol. The van der Waals surface area contributed by atoms with Crippen LogP contribution in [0, 0.1) is 11.3 Å². The summed E-state index contributed by atoms with van der Waals surface area (Å²) in [7, 11) is -5.69. The molecule has 1 atom stereocenters. The van der Waals surface area contributed by atoms with Crippen LogP contribution in [0.1, 0.15) is 23.6 Å². The summed E-state index contributed by atoms with van der Waals surface area (Å²) in [5, 5.41) is 8.70. The van der Waals surface area contributed by atoms with Crippen LogP contribution in [0.15, 0.2) is 41.1 Å². The van der Waals surface area contributed by atoms with Gasteiger partial charge in [0.15, 0.2) is 0 Å². The van der Waals surface area contributed by atoms with Crippen LogP contribution < -0.4 is 0 Å². The third-order valence-electron chi connectivity index (χ3n) is 2.78. The van der Waals surface area contributed by atoms with Crippen molar-refractivity contribution >= 4 is 16.3 Å². The van der Waals surface area contributed by atoms with Crippen LogP contribution in [0.25, 0.3) is 0 Å². The molecule has 116 valence electrons.